The highest BCUT2D eigenvalue weighted by molar-refractivity contribution is 6.28. The average Bonchev–Trinajstić information content (AvgIpc) is 3.42. The largest absolute Gasteiger partial charge is 0.456 e. The number of benzene rings is 7. The summed E-state index contributed by atoms with van der Waals surface area (Å²) in [4.78, 5) is 0. The van der Waals surface area contributed by atoms with Crippen molar-refractivity contribution in [3.8, 4) is 22.3 Å². The lowest BCUT2D eigenvalue weighted by Gasteiger charge is -2.18. The van der Waals surface area contributed by atoms with Crippen molar-refractivity contribution in [1.29, 1.82) is 0 Å². The molecule has 0 bridgehead atoms. The van der Waals surface area contributed by atoms with Crippen molar-refractivity contribution in [2.45, 2.75) is 0 Å². The van der Waals surface area contributed by atoms with E-state index in [0.717, 1.165) is 65.4 Å². The standard InChI is InChI=1S/C36H22O/c1-2-12-24(13-3-1)33-26-15-6-8-17-28(26)34(29-18-9-7-16-27(29)33)30-19-10-20-31-36(30)35-25-14-5-4-11-23(25)21-22-32(35)37-31/h1-22H/i1D,2D,3D,12D,13D. The molecule has 0 saturated carbocycles. The summed E-state index contributed by atoms with van der Waals surface area (Å²) in [6.45, 7) is 0. The van der Waals surface area contributed by atoms with Crippen LogP contribution < -0.4 is 0 Å². The first-order valence-corrected chi connectivity index (χ1v) is 12.3. The Bertz CT molecular complexity index is 2340. The number of hydrogen-bond donors (Lipinski definition) is 0. The van der Waals surface area contributed by atoms with Gasteiger partial charge in [-0.05, 0) is 66.7 Å². The fourth-order valence-corrected chi connectivity index (χ4v) is 5.86. The second-order valence-corrected chi connectivity index (χ2v) is 9.28. The molecule has 0 amide bonds. The van der Waals surface area contributed by atoms with E-state index >= 15 is 0 Å². The Morgan fingerprint density at radius 1 is 0.459 bits per heavy atom. The second-order valence-electron chi connectivity index (χ2n) is 9.28. The molecule has 0 aliphatic carbocycles. The molecule has 0 fully saturated rings. The highest BCUT2D eigenvalue weighted by Gasteiger charge is 2.20. The first-order valence-electron chi connectivity index (χ1n) is 14.8. The van der Waals surface area contributed by atoms with Gasteiger partial charge < -0.3 is 4.42 Å². The normalized spacial score (nSPS) is 13.7. The van der Waals surface area contributed by atoms with Crippen LogP contribution in [0.1, 0.15) is 6.85 Å². The third-order valence-electron chi connectivity index (χ3n) is 7.34. The number of fused-ring (bicyclic) bond motifs is 7. The van der Waals surface area contributed by atoms with Gasteiger partial charge >= 0.3 is 0 Å². The zero-order chi connectivity index (χ0) is 28.7. The van der Waals surface area contributed by atoms with Crippen molar-refractivity contribution in [3.05, 3.63) is 133 Å². The fourth-order valence-electron chi connectivity index (χ4n) is 5.86. The predicted octanol–water partition coefficient (Wildman–Crippen LogP) is 10.4. The van der Waals surface area contributed by atoms with Gasteiger partial charge in [-0.3, -0.25) is 0 Å². The van der Waals surface area contributed by atoms with Crippen molar-refractivity contribution in [1.82, 2.24) is 0 Å². The smallest absolute Gasteiger partial charge is 0.136 e. The molecule has 0 spiro atoms. The SMILES string of the molecule is [2H]c1c([2H])c([2H])c(-c2c3ccccc3c(-c3cccc4oc5ccc6ccccc6c5c34)c3ccccc23)c([2H])c1[2H]. The Kier molecular flexibility index (Phi) is 3.37. The molecule has 172 valence electrons. The van der Waals surface area contributed by atoms with Crippen LogP contribution in [-0.2, 0) is 0 Å². The Morgan fingerprint density at radius 3 is 1.76 bits per heavy atom. The van der Waals surface area contributed by atoms with Gasteiger partial charge in [0.05, 0.1) is 6.85 Å². The Hall–Kier alpha value is -4.88. The summed E-state index contributed by atoms with van der Waals surface area (Å²) >= 11 is 0. The van der Waals surface area contributed by atoms with Crippen molar-refractivity contribution in [2.75, 3.05) is 0 Å². The quantitative estimate of drug-likeness (QED) is 0.227. The van der Waals surface area contributed by atoms with Gasteiger partial charge in [-0.25, -0.2) is 0 Å². The van der Waals surface area contributed by atoms with Gasteiger partial charge in [0.1, 0.15) is 11.2 Å². The Morgan fingerprint density at radius 2 is 1.05 bits per heavy atom. The molecule has 1 heteroatoms. The number of hydrogen-bond acceptors (Lipinski definition) is 1. The molecule has 0 aliphatic heterocycles. The molecule has 1 aromatic heterocycles. The monoisotopic (exact) mass is 475 g/mol. The molecule has 0 saturated heterocycles. The second kappa shape index (κ2) is 7.81. The minimum absolute atomic E-state index is 0.206. The van der Waals surface area contributed by atoms with E-state index in [1.54, 1.807) is 0 Å². The number of rotatable bonds is 2. The van der Waals surface area contributed by atoms with Crippen molar-refractivity contribution in [2.24, 2.45) is 0 Å². The molecular formula is C36H22O. The van der Waals surface area contributed by atoms with Crippen LogP contribution in [0.25, 0.3) is 76.5 Å². The molecule has 1 heterocycles. The van der Waals surface area contributed by atoms with Crippen LogP contribution in [0.15, 0.2) is 138 Å². The molecule has 0 radical (unpaired) electrons. The topological polar surface area (TPSA) is 13.1 Å². The first-order chi connectivity index (χ1) is 20.5. The van der Waals surface area contributed by atoms with Crippen molar-refractivity contribution in [3.63, 3.8) is 0 Å². The molecule has 0 aliphatic rings. The summed E-state index contributed by atoms with van der Waals surface area (Å²) in [5, 5.41) is 7.83. The van der Waals surface area contributed by atoms with E-state index in [1.807, 2.05) is 66.7 Å². The minimum atomic E-state index is -0.398. The minimum Gasteiger partial charge on any atom is -0.456 e. The Balaban J connectivity index is 1.60. The van der Waals surface area contributed by atoms with Crippen LogP contribution in [0.5, 0.6) is 0 Å². The summed E-state index contributed by atoms with van der Waals surface area (Å²) in [6.07, 6.45) is 0. The van der Waals surface area contributed by atoms with Crippen LogP contribution in [-0.4, -0.2) is 0 Å². The lowest BCUT2D eigenvalue weighted by molar-refractivity contribution is 0.669. The van der Waals surface area contributed by atoms with Crippen LogP contribution in [0.2, 0.25) is 0 Å². The highest BCUT2D eigenvalue weighted by atomic mass is 16.3. The molecule has 37 heavy (non-hydrogen) atoms. The fraction of sp³-hybridized carbons (Fsp3) is 0. The van der Waals surface area contributed by atoms with Gasteiger partial charge in [0.2, 0.25) is 0 Å². The Labute approximate surface area is 221 Å². The van der Waals surface area contributed by atoms with Gasteiger partial charge in [-0.2, -0.15) is 0 Å². The summed E-state index contributed by atoms with van der Waals surface area (Å²) < 4.78 is 48.9. The van der Waals surface area contributed by atoms with Crippen molar-refractivity contribution < 1.29 is 11.3 Å². The average molecular weight is 476 g/mol. The van der Waals surface area contributed by atoms with Crippen LogP contribution in [0.3, 0.4) is 0 Å². The molecule has 1 nitrogen and oxygen atoms in total. The third kappa shape index (κ3) is 2.92. The van der Waals surface area contributed by atoms with E-state index < -0.39 is 6.04 Å². The molecular weight excluding hydrogens is 448 g/mol. The number of furan rings is 1. The van der Waals surface area contributed by atoms with E-state index in [1.165, 1.54) is 0 Å². The maximum Gasteiger partial charge on any atom is 0.136 e. The first kappa shape index (κ1) is 16.0. The van der Waals surface area contributed by atoms with Crippen LogP contribution in [0.4, 0.5) is 0 Å². The maximum atomic E-state index is 8.81. The summed E-state index contributed by atoms with van der Waals surface area (Å²) in [7, 11) is 0. The highest BCUT2D eigenvalue weighted by Crippen LogP contribution is 2.47. The van der Waals surface area contributed by atoms with E-state index in [2.05, 4.69) is 36.4 Å². The lowest BCUT2D eigenvalue weighted by Crippen LogP contribution is -1.91. The van der Waals surface area contributed by atoms with E-state index in [-0.39, 0.29) is 29.7 Å². The summed E-state index contributed by atoms with van der Waals surface area (Å²) in [6, 6.07) is 32.9. The molecule has 8 rings (SSSR count). The molecule has 7 aromatic carbocycles. The van der Waals surface area contributed by atoms with Crippen LogP contribution in [0, 0.1) is 0 Å². The molecule has 0 unspecified atom stereocenters. The third-order valence-corrected chi connectivity index (χ3v) is 7.34. The maximum absolute atomic E-state index is 8.81. The van der Waals surface area contributed by atoms with Crippen LogP contribution >= 0.6 is 0 Å². The van der Waals surface area contributed by atoms with E-state index in [9.17, 15) is 0 Å². The zero-order valence-corrected chi connectivity index (χ0v) is 19.7. The molecule has 0 N–H and O–H groups in total. The van der Waals surface area contributed by atoms with Gasteiger partial charge in [0.15, 0.2) is 0 Å². The van der Waals surface area contributed by atoms with Gasteiger partial charge in [0, 0.05) is 10.8 Å². The van der Waals surface area contributed by atoms with E-state index in [4.69, 9.17) is 11.3 Å². The molecule has 0 atom stereocenters. The van der Waals surface area contributed by atoms with Gasteiger partial charge in [-0.1, -0.05) is 121 Å². The van der Waals surface area contributed by atoms with Crippen molar-refractivity contribution >= 4 is 54.3 Å². The zero-order valence-electron chi connectivity index (χ0n) is 24.7. The van der Waals surface area contributed by atoms with Gasteiger partial charge in [0.25, 0.3) is 0 Å². The van der Waals surface area contributed by atoms with Gasteiger partial charge in [-0.15, -0.1) is 0 Å². The van der Waals surface area contributed by atoms with E-state index in [0.29, 0.717) is 5.56 Å². The summed E-state index contributed by atoms with van der Waals surface area (Å²) in [5.74, 6) is 0. The lowest BCUT2D eigenvalue weighted by atomic mass is 9.85. The summed E-state index contributed by atoms with van der Waals surface area (Å²) in [5.41, 5.74) is 4.48. The molecule has 8 aromatic rings. The predicted molar refractivity (Wildman–Crippen MR) is 157 cm³/mol.